The summed E-state index contributed by atoms with van der Waals surface area (Å²) in [6, 6.07) is 13.8. The number of carbonyl (C=O) groups excluding carboxylic acids is 2. The predicted octanol–water partition coefficient (Wildman–Crippen LogP) is 3.15. The molecule has 5 nitrogen and oxygen atoms in total. The van der Waals surface area contributed by atoms with Crippen LogP contribution in [0.1, 0.15) is 28.7 Å². The van der Waals surface area contributed by atoms with Crippen LogP contribution in [-0.2, 0) is 27.2 Å². The van der Waals surface area contributed by atoms with E-state index in [-0.39, 0.29) is 24.9 Å². The lowest BCUT2D eigenvalue weighted by Gasteiger charge is -2.09. The highest BCUT2D eigenvalue weighted by atomic mass is 16.5. The Morgan fingerprint density at radius 1 is 1.00 bits per heavy atom. The van der Waals surface area contributed by atoms with E-state index < -0.39 is 0 Å². The second-order valence-electron chi connectivity index (χ2n) is 6.54. The van der Waals surface area contributed by atoms with Gasteiger partial charge in [-0.15, -0.1) is 0 Å². The van der Waals surface area contributed by atoms with Gasteiger partial charge in [-0.3, -0.25) is 9.59 Å². The van der Waals surface area contributed by atoms with E-state index in [4.69, 9.17) is 9.47 Å². The lowest BCUT2D eigenvalue weighted by Crippen LogP contribution is -2.28. The average Bonchev–Trinajstić information content (AvgIpc) is 2.66. The summed E-state index contributed by atoms with van der Waals surface area (Å²) in [7, 11) is 1.60. The highest BCUT2D eigenvalue weighted by Crippen LogP contribution is 2.19. The maximum atomic E-state index is 11.9. The van der Waals surface area contributed by atoms with E-state index in [0.29, 0.717) is 19.4 Å². The molecule has 0 heterocycles. The van der Waals surface area contributed by atoms with Crippen LogP contribution >= 0.6 is 0 Å². The van der Waals surface area contributed by atoms with Gasteiger partial charge in [-0.05, 0) is 43.0 Å². The molecule has 2 rings (SSSR count). The second kappa shape index (κ2) is 10.4. The predicted molar refractivity (Wildman–Crippen MR) is 105 cm³/mol. The molecule has 0 aliphatic heterocycles. The summed E-state index contributed by atoms with van der Waals surface area (Å²) in [5.41, 5.74) is 4.19. The number of amides is 1. The van der Waals surface area contributed by atoms with E-state index in [1.165, 1.54) is 5.56 Å². The smallest absolute Gasteiger partial charge is 0.310 e. The molecule has 0 fully saturated rings. The largest absolute Gasteiger partial charge is 0.496 e. The van der Waals surface area contributed by atoms with Crippen molar-refractivity contribution in [3.05, 3.63) is 64.7 Å². The SMILES string of the molecule is COc1cc(CC(=O)OCCNC(=O)CCc2ccc(C)cc2)ccc1C. The van der Waals surface area contributed by atoms with Crippen LogP contribution in [0.5, 0.6) is 5.75 Å². The van der Waals surface area contributed by atoms with Crippen molar-refractivity contribution in [3.63, 3.8) is 0 Å². The summed E-state index contributed by atoms with van der Waals surface area (Å²) in [5, 5.41) is 2.77. The molecule has 0 saturated heterocycles. The Balaban J connectivity index is 1.63. The van der Waals surface area contributed by atoms with Gasteiger partial charge in [-0.2, -0.15) is 0 Å². The number of benzene rings is 2. The topological polar surface area (TPSA) is 64.6 Å². The van der Waals surface area contributed by atoms with Crippen LogP contribution < -0.4 is 10.1 Å². The lowest BCUT2D eigenvalue weighted by molar-refractivity contribution is -0.143. The van der Waals surface area contributed by atoms with Crippen molar-refractivity contribution in [2.24, 2.45) is 0 Å². The van der Waals surface area contributed by atoms with Crippen LogP contribution in [0.4, 0.5) is 0 Å². The number of methoxy groups -OCH3 is 1. The number of nitrogens with one attached hydrogen (secondary N) is 1. The molecule has 0 saturated carbocycles. The molecule has 0 aliphatic rings. The molecule has 0 spiro atoms. The monoisotopic (exact) mass is 369 g/mol. The third-order valence-electron chi connectivity index (χ3n) is 4.27. The van der Waals surface area contributed by atoms with Crippen molar-refractivity contribution in [2.45, 2.75) is 33.1 Å². The van der Waals surface area contributed by atoms with Gasteiger partial charge in [0.1, 0.15) is 12.4 Å². The number of carbonyl (C=O) groups is 2. The zero-order valence-electron chi connectivity index (χ0n) is 16.2. The van der Waals surface area contributed by atoms with Crippen molar-refractivity contribution in [2.75, 3.05) is 20.3 Å². The highest BCUT2D eigenvalue weighted by Gasteiger charge is 2.08. The number of hydrogen-bond acceptors (Lipinski definition) is 4. The van der Waals surface area contributed by atoms with E-state index in [1.54, 1.807) is 7.11 Å². The van der Waals surface area contributed by atoms with Crippen LogP contribution in [0.25, 0.3) is 0 Å². The summed E-state index contributed by atoms with van der Waals surface area (Å²) in [6.45, 7) is 4.46. The average molecular weight is 369 g/mol. The molecule has 0 bridgehead atoms. The van der Waals surface area contributed by atoms with Crippen LogP contribution in [0, 0.1) is 13.8 Å². The van der Waals surface area contributed by atoms with E-state index >= 15 is 0 Å². The molecule has 2 aromatic carbocycles. The van der Waals surface area contributed by atoms with Gasteiger partial charge in [0.15, 0.2) is 0 Å². The van der Waals surface area contributed by atoms with Gasteiger partial charge < -0.3 is 14.8 Å². The minimum Gasteiger partial charge on any atom is -0.496 e. The third kappa shape index (κ3) is 7.13. The van der Waals surface area contributed by atoms with Crippen molar-refractivity contribution in [1.29, 1.82) is 0 Å². The van der Waals surface area contributed by atoms with Crippen LogP contribution in [-0.4, -0.2) is 32.1 Å². The third-order valence-corrected chi connectivity index (χ3v) is 4.27. The Hall–Kier alpha value is -2.82. The molecule has 0 atom stereocenters. The van der Waals surface area contributed by atoms with Gasteiger partial charge >= 0.3 is 5.97 Å². The Kier molecular flexibility index (Phi) is 7.86. The van der Waals surface area contributed by atoms with Crippen molar-refractivity contribution < 1.29 is 19.1 Å². The van der Waals surface area contributed by atoms with Gasteiger partial charge in [0.25, 0.3) is 0 Å². The second-order valence-corrected chi connectivity index (χ2v) is 6.54. The maximum absolute atomic E-state index is 11.9. The van der Waals surface area contributed by atoms with Crippen molar-refractivity contribution >= 4 is 11.9 Å². The summed E-state index contributed by atoms with van der Waals surface area (Å²) >= 11 is 0. The number of ether oxygens (including phenoxy) is 2. The molecular formula is C22H27NO4. The first-order valence-corrected chi connectivity index (χ1v) is 9.09. The van der Waals surface area contributed by atoms with Gasteiger partial charge in [-0.25, -0.2) is 0 Å². The minimum absolute atomic E-state index is 0.0464. The summed E-state index contributed by atoms with van der Waals surface area (Å²) < 4.78 is 10.4. The normalized spacial score (nSPS) is 10.3. The number of hydrogen-bond donors (Lipinski definition) is 1. The molecule has 144 valence electrons. The number of rotatable bonds is 9. The first-order valence-electron chi connectivity index (χ1n) is 9.09. The zero-order valence-corrected chi connectivity index (χ0v) is 16.2. The fraction of sp³-hybridized carbons (Fsp3) is 0.364. The van der Waals surface area contributed by atoms with Gasteiger partial charge in [0.05, 0.1) is 20.1 Å². The van der Waals surface area contributed by atoms with Gasteiger partial charge in [0, 0.05) is 6.42 Å². The van der Waals surface area contributed by atoms with E-state index in [1.807, 2.05) is 56.3 Å². The summed E-state index contributed by atoms with van der Waals surface area (Å²) in [6.07, 6.45) is 1.29. The van der Waals surface area contributed by atoms with Crippen LogP contribution in [0.2, 0.25) is 0 Å². The van der Waals surface area contributed by atoms with Gasteiger partial charge in [-0.1, -0.05) is 42.0 Å². The minimum atomic E-state index is -0.324. The molecule has 0 radical (unpaired) electrons. The first-order chi connectivity index (χ1) is 13.0. The maximum Gasteiger partial charge on any atom is 0.310 e. The van der Waals surface area contributed by atoms with Crippen molar-refractivity contribution in [3.8, 4) is 5.75 Å². The summed E-state index contributed by atoms with van der Waals surface area (Å²) in [4.78, 5) is 23.8. The van der Waals surface area contributed by atoms with E-state index in [2.05, 4.69) is 5.32 Å². The zero-order chi connectivity index (χ0) is 19.6. The Bertz CT molecular complexity index is 768. The quantitative estimate of drug-likeness (QED) is 0.545. The standard InChI is InChI=1S/C22H27NO4/c1-16-4-7-18(8-5-16)10-11-21(24)23-12-13-27-22(25)15-19-9-6-17(2)20(14-19)26-3/h4-9,14H,10-13,15H2,1-3H3,(H,23,24). The molecule has 5 heteroatoms. The molecule has 0 aromatic heterocycles. The molecule has 27 heavy (non-hydrogen) atoms. The Labute approximate surface area is 160 Å². The van der Waals surface area contributed by atoms with E-state index in [9.17, 15) is 9.59 Å². The molecule has 0 unspecified atom stereocenters. The number of esters is 1. The molecule has 1 amide bonds. The summed E-state index contributed by atoms with van der Waals surface area (Å²) in [5.74, 6) is 0.380. The van der Waals surface area contributed by atoms with E-state index in [0.717, 1.165) is 22.4 Å². The fourth-order valence-electron chi connectivity index (χ4n) is 2.65. The van der Waals surface area contributed by atoms with Crippen LogP contribution in [0.3, 0.4) is 0 Å². The number of aryl methyl sites for hydroxylation is 3. The molecule has 0 aliphatic carbocycles. The molecule has 1 N–H and O–H groups in total. The molecular weight excluding hydrogens is 342 g/mol. The van der Waals surface area contributed by atoms with Crippen LogP contribution in [0.15, 0.2) is 42.5 Å². The highest BCUT2D eigenvalue weighted by molar-refractivity contribution is 5.76. The molecule has 2 aromatic rings. The fourth-order valence-corrected chi connectivity index (χ4v) is 2.65. The van der Waals surface area contributed by atoms with Crippen molar-refractivity contribution in [1.82, 2.24) is 5.32 Å². The Morgan fingerprint density at radius 2 is 1.70 bits per heavy atom. The lowest BCUT2D eigenvalue weighted by atomic mass is 10.1. The first kappa shape index (κ1) is 20.5. The Morgan fingerprint density at radius 3 is 2.41 bits per heavy atom. The van der Waals surface area contributed by atoms with Gasteiger partial charge in [0.2, 0.25) is 5.91 Å².